The number of amides is 1. The van der Waals surface area contributed by atoms with E-state index in [1.807, 2.05) is 60.7 Å². The van der Waals surface area contributed by atoms with Gasteiger partial charge in [0.05, 0.1) is 17.8 Å². The standard InChI is InChI=1S/C19H17N3O3/c23-18(11-12-19(24)25)20-17-13-16(14-7-3-1-4-8-14)21-22(17)15-9-5-2-6-10-15/h1-10,13H,11-12H2,(H,20,23)(H,24,25). The highest BCUT2D eigenvalue weighted by molar-refractivity contribution is 5.92. The van der Waals surface area contributed by atoms with Crippen molar-refractivity contribution in [2.24, 2.45) is 0 Å². The van der Waals surface area contributed by atoms with E-state index in [4.69, 9.17) is 5.11 Å². The van der Waals surface area contributed by atoms with Crippen LogP contribution in [-0.2, 0) is 9.59 Å². The van der Waals surface area contributed by atoms with E-state index in [-0.39, 0.29) is 18.7 Å². The van der Waals surface area contributed by atoms with E-state index in [0.717, 1.165) is 16.9 Å². The van der Waals surface area contributed by atoms with Crippen molar-refractivity contribution in [1.82, 2.24) is 9.78 Å². The number of anilines is 1. The van der Waals surface area contributed by atoms with Crippen LogP contribution in [0.4, 0.5) is 5.82 Å². The van der Waals surface area contributed by atoms with Gasteiger partial charge in [0.2, 0.25) is 5.91 Å². The lowest BCUT2D eigenvalue weighted by molar-refractivity contribution is -0.138. The van der Waals surface area contributed by atoms with E-state index in [0.29, 0.717) is 5.82 Å². The predicted molar refractivity (Wildman–Crippen MR) is 94.5 cm³/mol. The van der Waals surface area contributed by atoms with Crippen molar-refractivity contribution in [3.63, 3.8) is 0 Å². The first-order valence-electron chi connectivity index (χ1n) is 7.86. The Bertz CT molecular complexity index is 873. The molecular weight excluding hydrogens is 318 g/mol. The topological polar surface area (TPSA) is 84.2 Å². The molecule has 0 bridgehead atoms. The second-order valence-electron chi connectivity index (χ2n) is 5.47. The van der Waals surface area contributed by atoms with E-state index in [1.54, 1.807) is 10.7 Å². The van der Waals surface area contributed by atoms with Gasteiger partial charge in [-0.1, -0.05) is 48.5 Å². The second kappa shape index (κ2) is 7.44. The van der Waals surface area contributed by atoms with E-state index in [1.165, 1.54) is 0 Å². The van der Waals surface area contributed by atoms with Gasteiger partial charge >= 0.3 is 5.97 Å². The fraction of sp³-hybridized carbons (Fsp3) is 0.105. The lowest BCUT2D eigenvalue weighted by Gasteiger charge is -2.08. The minimum Gasteiger partial charge on any atom is -0.481 e. The molecule has 0 atom stereocenters. The number of aromatic nitrogens is 2. The van der Waals surface area contributed by atoms with Crippen molar-refractivity contribution in [3.05, 3.63) is 66.7 Å². The van der Waals surface area contributed by atoms with Gasteiger partial charge in [0, 0.05) is 18.1 Å². The third-order valence-corrected chi connectivity index (χ3v) is 3.61. The molecule has 1 heterocycles. The lowest BCUT2D eigenvalue weighted by Crippen LogP contribution is -2.16. The van der Waals surface area contributed by atoms with Crippen LogP contribution in [0.2, 0.25) is 0 Å². The van der Waals surface area contributed by atoms with Crippen molar-refractivity contribution in [2.75, 3.05) is 5.32 Å². The Labute approximate surface area is 144 Å². The molecule has 25 heavy (non-hydrogen) atoms. The summed E-state index contributed by atoms with van der Waals surface area (Å²) in [5.74, 6) is -0.865. The van der Waals surface area contributed by atoms with Crippen molar-refractivity contribution < 1.29 is 14.7 Å². The van der Waals surface area contributed by atoms with Gasteiger partial charge in [0.25, 0.3) is 0 Å². The SMILES string of the molecule is O=C(O)CCC(=O)Nc1cc(-c2ccccc2)nn1-c1ccccc1. The quantitative estimate of drug-likeness (QED) is 0.723. The molecule has 3 aromatic rings. The number of hydrogen-bond donors (Lipinski definition) is 2. The largest absolute Gasteiger partial charge is 0.481 e. The highest BCUT2D eigenvalue weighted by Crippen LogP contribution is 2.24. The van der Waals surface area contributed by atoms with Crippen LogP contribution in [0.3, 0.4) is 0 Å². The third kappa shape index (κ3) is 4.11. The first kappa shape index (κ1) is 16.4. The maximum atomic E-state index is 12.0. The summed E-state index contributed by atoms with van der Waals surface area (Å²) in [4.78, 5) is 22.7. The monoisotopic (exact) mass is 335 g/mol. The van der Waals surface area contributed by atoms with Crippen LogP contribution in [0, 0.1) is 0 Å². The number of para-hydroxylation sites is 1. The summed E-state index contributed by atoms with van der Waals surface area (Å²) in [6.45, 7) is 0. The van der Waals surface area contributed by atoms with Crippen molar-refractivity contribution in [3.8, 4) is 16.9 Å². The maximum absolute atomic E-state index is 12.0. The van der Waals surface area contributed by atoms with Gasteiger partial charge in [-0.05, 0) is 12.1 Å². The molecule has 1 aromatic heterocycles. The Balaban J connectivity index is 1.93. The molecule has 6 nitrogen and oxygen atoms in total. The molecule has 0 saturated heterocycles. The number of benzene rings is 2. The normalized spacial score (nSPS) is 10.4. The van der Waals surface area contributed by atoms with E-state index in [2.05, 4.69) is 10.4 Å². The Morgan fingerprint density at radius 1 is 0.960 bits per heavy atom. The maximum Gasteiger partial charge on any atom is 0.303 e. The predicted octanol–water partition coefficient (Wildman–Crippen LogP) is 3.34. The highest BCUT2D eigenvalue weighted by atomic mass is 16.4. The summed E-state index contributed by atoms with van der Waals surface area (Å²) in [5, 5.41) is 16.1. The Morgan fingerprint density at radius 2 is 1.60 bits per heavy atom. The average molecular weight is 335 g/mol. The minimum absolute atomic E-state index is 0.0873. The molecule has 0 saturated carbocycles. The number of nitrogens with zero attached hydrogens (tertiary/aromatic N) is 2. The second-order valence-corrected chi connectivity index (χ2v) is 5.47. The Kier molecular flexibility index (Phi) is 4.89. The van der Waals surface area contributed by atoms with Gasteiger partial charge in [-0.3, -0.25) is 9.59 Å². The molecule has 2 N–H and O–H groups in total. The smallest absolute Gasteiger partial charge is 0.303 e. The Hall–Kier alpha value is -3.41. The molecule has 0 spiro atoms. The lowest BCUT2D eigenvalue weighted by atomic mass is 10.1. The summed E-state index contributed by atoms with van der Waals surface area (Å²) in [7, 11) is 0. The van der Waals surface area contributed by atoms with Crippen LogP contribution in [0.15, 0.2) is 66.7 Å². The molecule has 0 fully saturated rings. The molecule has 0 radical (unpaired) electrons. The van der Waals surface area contributed by atoms with Crippen molar-refractivity contribution >= 4 is 17.7 Å². The van der Waals surface area contributed by atoms with E-state index >= 15 is 0 Å². The molecule has 2 aromatic carbocycles. The molecule has 0 aliphatic carbocycles. The van der Waals surface area contributed by atoms with Crippen LogP contribution in [0.5, 0.6) is 0 Å². The molecule has 3 rings (SSSR count). The fourth-order valence-corrected chi connectivity index (χ4v) is 2.41. The number of hydrogen-bond acceptors (Lipinski definition) is 3. The van der Waals surface area contributed by atoms with Crippen LogP contribution in [-0.4, -0.2) is 26.8 Å². The van der Waals surface area contributed by atoms with Crippen LogP contribution in [0.25, 0.3) is 16.9 Å². The molecule has 6 heteroatoms. The summed E-state index contributed by atoms with van der Waals surface area (Å²) < 4.78 is 1.64. The van der Waals surface area contributed by atoms with E-state index < -0.39 is 5.97 Å². The fourth-order valence-electron chi connectivity index (χ4n) is 2.41. The molecule has 126 valence electrons. The first-order chi connectivity index (χ1) is 12.1. The zero-order valence-corrected chi connectivity index (χ0v) is 13.4. The third-order valence-electron chi connectivity index (χ3n) is 3.61. The molecular formula is C19H17N3O3. The molecule has 1 amide bonds. The van der Waals surface area contributed by atoms with E-state index in [9.17, 15) is 9.59 Å². The zero-order valence-electron chi connectivity index (χ0n) is 13.4. The summed E-state index contributed by atoms with van der Waals surface area (Å²) in [6.07, 6.45) is -0.299. The average Bonchev–Trinajstić information content (AvgIpc) is 3.05. The van der Waals surface area contributed by atoms with Crippen LogP contribution in [0.1, 0.15) is 12.8 Å². The van der Waals surface area contributed by atoms with Crippen LogP contribution >= 0.6 is 0 Å². The highest BCUT2D eigenvalue weighted by Gasteiger charge is 2.14. The van der Waals surface area contributed by atoms with Gasteiger partial charge in [-0.2, -0.15) is 5.10 Å². The summed E-state index contributed by atoms with van der Waals surface area (Å²) in [5.41, 5.74) is 2.45. The zero-order chi connectivity index (χ0) is 17.6. The number of aliphatic carboxylic acids is 1. The Morgan fingerprint density at radius 3 is 2.24 bits per heavy atom. The van der Waals surface area contributed by atoms with Crippen LogP contribution < -0.4 is 5.32 Å². The van der Waals surface area contributed by atoms with Crippen molar-refractivity contribution in [1.29, 1.82) is 0 Å². The van der Waals surface area contributed by atoms with Gasteiger partial charge in [0.1, 0.15) is 5.82 Å². The minimum atomic E-state index is -1.00. The molecule has 0 aliphatic rings. The molecule has 0 aliphatic heterocycles. The summed E-state index contributed by atoms with van der Waals surface area (Å²) in [6, 6.07) is 20.8. The van der Waals surface area contributed by atoms with Crippen molar-refractivity contribution in [2.45, 2.75) is 12.8 Å². The van der Waals surface area contributed by atoms with Gasteiger partial charge in [-0.25, -0.2) is 4.68 Å². The number of carboxylic acids is 1. The number of rotatable bonds is 6. The number of carboxylic acid groups (broad SMARTS) is 1. The number of carbonyl (C=O) groups excluding carboxylic acids is 1. The van der Waals surface area contributed by atoms with Gasteiger partial charge in [0.15, 0.2) is 0 Å². The first-order valence-corrected chi connectivity index (χ1v) is 7.86. The van der Waals surface area contributed by atoms with Gasteiger partial charge < -0.3 is 10.4 Å². The summed E-state index contributed by atoms with van der Waals surface area (Å²) >= 11 is 0. The number of carbonyl (C=O) groups is 2. The number of nitrogens with one attached hydrogen (secondary N) is 1. The molecule has 0 unspecified atom stereocenters. The van der Waals surface area contributed by atoms with Gasteiger partial charge in [-0.15, -0.1) is 0 Å².